The van der Waals surface area contributed by atoms with Crippen molar-refractivity contribution in [2.75, 3.05) is 0 Å². The molecule has 0 aliphatic rings. The van der Waals surface area contributed by atoms with E-state index in [1.807, 2.05) is 17.5 Å². The summed E-state index contributed by atoms with van der Waals surface area (Å²) in [4.78, 5) is 0. The van der Waals surface area contributed by atoms with Gasteiger partial charge in [-0.25, -0.2) is 8.42 Å². The summed E-state index contributed by atoms with van der Waals surface area (Å²) in [7, 11) is -3.02. The second-order valence-electron chi connectivity index (χ2n) is 4.57. The molecule has 2 nitrogen and oxygen atoms in total. The highest BCUT2D eigenvalue weighted by Gasteiger charge is 2.19. The van der Waals surface area contributed by atoms with E-state index in [9.17, 15) is 8.42 Å². The molecule has 0 amide bonds. The lowest BCUT2D eigenvalue weighted by molar-refractivity contribution is 0.587. The van der Waals surface area contributed by atoms with Crippen LogP contribution in [0.1, 0.15) is 25.0 Å². The largest absolute Gasteiger partial charge is 0.228 e. The molecule has 0 N–H and O–H groups in total. The van der Waals surface area contributed by atoms with Gasteiger partial charge in [0.1, 0.15) is 0 Å². The number of fused-ring (bicyclic) bond motifs is 1. The maximum atomic E-state index is 11.9. The Labute approximate surface area is 106 Å². The fourth-order valence-electron chi connectivity index (χ4n) is 1.75. The predicted molar refractivity (Wildman–Crippen MR) is 74.3 cm³/mol. The smallest absolute Gasteiger partial charge is 0.156 e. The van der Waals surface area contributed by atoms with Gasteiger partial charge >= 0.3 is 0 Å². The lowest BCUT2D eigenvalue weighted by Crippen LogP contribution is -2.15. The molecule has 92 valence electrons. The first-order chi connectivity index (χ1) is 7.92. The SMILES string of the molecule is Cc1cccc2c(CS(=O)(=O)C(C)C)csc12. The van der Waals surface area contributed by atoms with Gasteiger partial charge in [-0.05, 0) is 42.7 Å². The van der Waals surface area contributed by atoms with E-state index < -0.39 is 9.84 Å². The van der Waals surface area contributed by atoms with Gasteiger partial charge in [0.05, 0.1) is 11.0 Å². The van der Waals surface area contributed by atoms with E-state index in [-0.39, 0.29) is 11.0 Å². The van der Waals surface area contributed by atoms with Crippen LogP contribution in [0, 0.1) is 6.92 Å². The molecule has 1 aromatic heterocycles. The van der Waals surface area contributed by atoms with Crippen molar-refractivity contribution >= 4 is 31.3 Å². The maximum absolute atomic E-state index is 11.9. The van der Waals surface area contributed by atoms with Crippen molar-refractivity contribution in [3.8, 4) is 0 Å². The number of thiophene rings is 1. The summed E-state index contributed by atoms with van der Waals surface area (Å²) >= 11 is 1.63. The molecule has 1 aromatic carbocycles. The van der Waals surface area contributed by atoms with E-state index in [4.69, 9.17) is 0 Å². The van der Waals surface area contributed by atoms with Gasteiger partial charge in [-0.2, -0.15) is 0 Å². The Kier molecular flexibility index (Phi) is 3.27. The highest BCUT2D eigenvalue weighted by Crippen LogP contribution is 2.30. The van der Waals surface area contributed by atoms with Crippen molar-refractivity contribution in [2.24, 2.45) is 0 Å². The molecule has 17 heavy (non-hydrogen) atoms. The molecular weight excluding hydrogens is 252 g/mol. The average Bonchev–Trinajstić information content (AvgIpc) is 2.62. The molecule has 2 aromatic rings. The molecule has 0 aliphatic heterocycles. The van der Waals surface area contributed by atoms with Gasteiger partial charge in [-0.15, -0.1) is 11.3 Å². The molecule has 0 spiro atoms. The Bertz CT molecular complexity index is 636. The number of hydrogen-bond donors (Lipinski definition) is 0. The minimum Gasteiger partial charge on any atom is -0.228 e. The Morgan fingerprint density at radius 1 is 1.29 bits per heavy atom. The van der Waals surface area contributed by atoms with E-state index in [1.54, 1.807) is 25.2 Å². The summed E-state index contributed by atoms with van der Waals surface area (Å²) in [6, 6.07) is 6.04. The van der Waals surface area contributed by atoms with E-state index in [1.165, 1.54) is 10.3 Å². The first kappa shape index (κ1) is 12.6. The predicted octanol–water partition coefficient (Wildman–Crippen LogP) is 3.53. The first-order valence-electron chi connectivity index (χ1n) is 5.59. The van der Waals surface area contributed by atoms with Crippen molar-refractivity contribution in [2.45, 2.75) is 31.8 Å². The van der Waals surface area contributed by atoms with Crippen LogP contribution in [-0.4, -0.2) is 13.7 Å². The van der Waals surface area contributed by atoms with Crippen LogP contribution >= 0.6 is 11.3 Å². The monoisotopic (exact) mass is 268 g/mol. The zero-order chi connectivity index (χ0) is 12.6. The van der Waals surface area contributed by atoms with E-state index in [0.717, 1.165) is 10.9 Å². The normalized spacial score (nSPS) is 12.5. The molecule has 2 rings (SSSR count). The number of rotatable bonds is 3. The van der Waals surface area contributed by atoms with Gasteiger partial charge in [-0.1, -0.05) is 18.2 Å². The maximum Gasteiger partial charge on any atom is 0.156 e. The zero-order valence-electron chi connectivity index (χ0n) is 10.2. The van der Waals surface area contributed by atoms with Gasteiger partial charge in [0.15, 0.2) is 9.84 Å². The Balaban J connectivity index is 2.48. The van der Waals surface area contributed by atoms with Crippen molar-refractivity contribution in [1.29, 1.82) is 0 Å². The van der Waals surface area contributed by atoms with Crippen LogP contribution in [0.25, 0.3) is 10.1 Å². The van der Waals surface area contributed by atoms with E-state index >= 15 is 0 Å². The summed E-state index contributed by atoms with van der Waals surface area (Å²) in [5.74, 6) is 0.147. The number of aryl methyl sites for hydroxylation is 1. The molecule has 0 saturated carbocycles. The van der Waals surface area contributed by atoms with Crippen LogP contribution in [0.15, 0.2) is 23.6 Å². The van der Waals surface area contributed by atoms with Crippen LogP contribution < -0.4 is 0 Å². The summed E-state index contributed by atoms with van der Waals surface area (Å²) in [6.07, 6.45) is 0. The molecule has 0 aliphatic carbocycles. The Morgan fingerprint density at radius 3 is 2.65 bits per heavy atom. The fourth-order valence-corrected chi connectivity index (χ4v) is 3.91. The van der Waals surface area contributed by atoms with Crippen LogP contribution in [0.5, 0.6) is 0 Å². The van der Waals surface area contributed by atoms with Crippen LogP contribution in [-0.2, 0) is 15.6 Å². The van der Waals surface area contributed by atoms with Crippen LogP contribution in [0.3, 0.4) is 0 Å². The molecule has 0 radical (unpaired) electrons. The highest BCUT2D eigenvalue weighted by atomic mass is 32.2. The molecule has 1 heterocycles. The minimum atomic E-state index is -3.02. The molecule has 0 bridgehead atoms. The molecule has 0 fully saturated rings. The first-order valence-corrected chi connectivity index (χ1v) is 8.18. The molecule has 0 atom stereocenters. The Hall–Kier alpha value is -0.870. The molecular formula is C13H16O2S2. The van der Waals surface area contributed by atoms with Crippen molar-refractivity contribution in [3.63, 3.8) is 0 Å². The summed E-state index contributed by atoms with van der Waals surface area (Å²) < 4.78 is 25.1. The van der Waals surface area contributed by atoms with Gasteiger partial charge < -0.3 is 0 Å². The summed E-state index contributed by atoms with van der Waals surface area (Å²) in [5, 5.41) is 2.74. The highest BCUT2D eigenvalue weighted by molar-refractivity contribution is 7.91. The molecule has 4 heteroatoms. The number of benzene rings is 1. The topological polar surface area (TPSA) is 34.1 Å². The quantitative estimate of drug-likeness (QED) is 0.853. The minimum absolute atomic E-state index is 0.147. The average molecular weight is 268 g/mol. The summed E-state index contributed by atoms with van der Waals surface area (Å²) in [6.45, 7) is 5.52. The van der Waals surface area contributed by atoms with Gasteiger partial charge in [-0.3, -0.25) is 0 Å². The molecule has 0 saturated heterocycles. The Morgan fingerprint density at radius 2 is 2.00 bits per heavy atom. The zero-order valence-corrected chi connectivity index (χ0v) is 11.9. The second kappa shape index (κ2) is 4.42. The van der Waals surface area contributed by atoms with Crippen molar-refractivity contribution in [1.82, 2.24) is 0 Å². The van der Waals surface area contributed by atoms with Crippen molar-refractivity contribution < 1.29 is 8.42 Å². The van der Waals surface area contributed by atoms with Gasteiger partial charge in [0, 0.05) is 4.70 Å². The van der Waals surface area contributed by atoms with Crippen LogP contribution in [0.2, 0.25) is 0 Å². The third-order valence-corrected chi connectivity index (χ3v) is 6.28. The van der Waals surface area contributed by atoms with Gasteiger partial charge in [0.2, 0.25) is 0 Å². The number of sulfone groups is 1. The fraction of sp³-hybridized carbons (Fsp3) is 0.385. The molecule has 0 unspecified atom stereocenters. The standard InChI is InChI=1S/C13H16O2S2/c1-9(2)17(14,15)8-11-7-16-13-10(3)5-4-6-12(11)13/h4-7,9H,8H2,1-3H3. The van der Waals surface area contributed by atoms with E-state index in [2.05, 4.69) is 13.0 Å². The lowest BCUT2D eigenvalue weighted by Gasteiger charge is -2.06. The number of hydrogen-bond acceptors (Lipinski definition) is 3. The summed E-state index contributed by atoms with van der Waals surface area (Å²) in [5.41, 5.74) is 2.14. The lowest BCUT2D eigenvalue weighted by atomic mass is 10.1. The van der Waals surface area contributed by atoms with Crippen LogP contribution in [0.4, 0.5) is 0 Å². The second-order valence-corrected chi connectivity index (χ2v) is 8.01. The van der Waals surface area contributed by atoms with Gasteiger partial charge in [0.25, 0.3) is 0 Å². The third kappa shape index (κ3) is 2.38. The van der Waals surface area contributed by atoms with Crippen molar-refractivity contribution in [3.05, 3.63) is 34.7 Å². The van der Waals surface area contributed by atoms with E-state index in [0.29, 0.717) is 0 Å². The third-order valence-electron chi connectivity index (χ3n) is 2.95.